The highest BCUT2D eigenvalue weighted by molar-refractivity contribution is 5.80. The van der Waals surface area contributed by atoms with Crippen molar-refractivity contribution in [3.8, 4) is 0 Å². The number of nitrogens with one attached hydrogen (secondary N) is 1. The van der Waals surface area contributed by atoms with Crippen LogP contribution in [0, 0.1) is 0 Å². The molecule has 0 bridgehead atoms. The molecule has 1 fully saturated rings. The molecule has 5 nitrogen and oxygen atoms in total. The first kappa shape index (κ1) is 15.0. The summed E-state index contributed by atoms with van der Waals surface area (Å²) >= 11 is 0. The van der Waals surface area contributed by atoms with Gasteiger partial charge in [0.2, 0.25) is 0 Å². The van der Waals surface area contributed by atoms with E-state index >= 15 is 0 Å². The highest BCUT2D eigenvalue weighted by Gasteiger charge is 2.38. The second-order valence-electron chi connectivity index (χ2n) is 5.73. The molecule has 0 amide bonds. The van der Waals surface area contributed by atoms with E-state index in [4.69, 9.17) is 4.74 Å². The van der Waals surface area contributed by atoms with Gasteiger partial charge in [-0.15, -0.1) is 0 Å². The van der Waals surface area contributed by atoms with Gasteiger partial charge in [0.05, 0.1) is 12.9 Å². The van der Waals surface area contributed by atoms with Crippen molar-refractivity contribution < 1.29 is 9.53 Å². The molecule has 1 aromatic heterocycles. The fraction of sp³-hybridized carbons (Fsp3) is 0.733. The van der Waals surface area contributed by atoms with Crippen LogP contribution in [0.15, 0.2) is 18.7 Å². The number of carbonyl (C=O) groups is 1. The maximum absolute atomic E-state index is 12.2. The van der Waals surface area contributed by atoms with Crippen LogP contribution in [-0.4, -0.2) is 33.7 Å². The van der Waals surface area contributed by atoms with Crippen molar-refractivity contribution in [3.05, 3.63) is 18.7 Å². The van der Waals surface area contributed by atoms with E-state index in [0.29, 0.717) is 12.6 Å². The van der Waals surface area contributed by atoms with Crippen LogP contribution in [0.2, 0.25) is 0 Å². The number of unbranched alkanes of at least 4 members (excludes halogenated alkanes) is 1. The molecule has 0 saturated heterocycles. The van der Waals surface area contributed by atoms with Crippen molar-refractivity contribution >= 4 is 5.97 Å². The second kappa shape index (κ2) is 6.88. The topological polar surface area (TPSA) is 56.2 Å². The zero-order valence-corrected chi connectivity index (χ0v) is 12.5. The highest BCUT2D eigenvalue weighted by atomic mass is 16.5. The Balaban J connectivity index is 1.78. The minimum atomic E-state index is -0.536. The Kier molecular flexibility index (Phi) is 5.17. The van der Waals surface area contributed by atoms with E-state index in [-0.39, 0.29) is 5.97 Å². The summed E-state index contributed by atoms with van der Waals surface area (Å²) in [5, 5.41) is 3.45. The normalized spacial score (nSPS) is 17.7. The Morgan fingerprint density at radius 3 is 2.90 bits per heavy atom. The highest BCUT2D eigenvalue weighted by Crippen LogP contribution is 2.26. The van der Waals surface area contributed by atoms with Crippen LogP contribution in [0.3, 0.4) is 0 Å². The van der Waals surface area contributed by atoms with Gasteiger partial charge in [-0.25, -0.2) is 4.98 Å². The predicted molar refractivity (Wildman–Crippen MR) is 77.3 cm³/mol. The number of carbonyl (C=O) groups excluding carboxylic acids is 1. The molecular formula is C15H25N3O2. The molecule has 0 aliphatic heterocycles. The first-order valence-corrected chi connectivity index (χ1v) is 7.55. The van der Waals surface area contributed by atoms with Crippen LogP contribution >= 0.6 is 0 Å². The van der Waals surface area contributed by atoms with Crippen molar-refractivity contribution in [1.29, 1.82) is 0 Å². The van der Waals surface area contributed by atoms with Gasteiger partial charge in [-0.1, -0.05) is 0 Å². The number of aryl methyl sites for hydroxylation is 1. The minimum absolute atomic E-state index is 0.116. The van der Waals surface area contributed by atoms with E-state index in [1.807, 2.05) is 26.4 Å². The van der Waals surface area contributed by atoms with E-state index < -0.39 is 5.54 Å². The predicted octanol–water partition coefficient (Wildman–Crippen LogP) is 2.13. The molecule has 1 aromatic rings. The summed E-state index contributed by atoms with van der Waals surface area (Å²) in [7, 11) is 0. The van der Waals surface area contributed by atoms with Crippen LogP contribution in [-0.2, 0) is 16.1 Å². The number of rotatable bonds is 9. The number of ether oxygens (including phenoxy) is 1. The lowest BCUT2D eigenvalue weighted by atomic mass is 9.94. The summed E-state index contributed by atoms with van der Waals surface area (Å²) in [4.78, 5) is 16.2. The summed E-state index contributed by atoms with van der Waals surface area (Å²) in [6.45, 7) is 5.22. The van der Waals surface area contributed by atoms with Gasteiger partial charge in [0, 0.05) is 25.0 Å². The van der Waals surface area contributed by atoms with Gasteiger partial charge in [-0.2, -0.15) is 0 Å². The fourth-order valence-corrected chi connectivity index (χ4v) is 2.39. The third-order valence-electron chi connectivity index (χ3n) is 3.73. The number of esters is 1. The summed E-state index contributed by atoms with van der Waals surface area (Å²) in [6.07, 6.45) is 10.8. The Labute approximate surface area is 120 Å². The molecule has 1 heterocycles. The lowest BCUT2D eigenvalue weighted by Crippen LogP contribution is -2.51. The molecule has 0 spiro atoms. The number of hydrogen-bond donors (Lipinski definition) is 1. The molecule has 1 aliphatic carbocycles. The molecule has 1 atom stereocenters. The Hall–Kier alpha value is -1.36. The van der Waals surface area contributed by atoms with Crippen LogP contribution in [0.5, 0.6) is 0 Å². The average Bonchev–Trinajstić information content (AvgIpc) is 3.07. The van der Waals surface area contributed by atoms with Crippen LogP contribution in [0.25, 0.3) is 0 Å². The number of aromatic nitrogens is 2. The van der Waals surface area contributed by atoms with Gasteiger partial charge in [0.15, 0.2) is 0 Å². The van der Waals surface area contributed by atoms with Crippen LogP contribution < -0.4 is 5.32 Å². The number of imidazole rings is 1. The molecular weight excluding hydrogens is 254 g/mol. The third kappa shape index (κ3) is 4.34. The largest absolute Gasteiger partial charge is 0.465 e. The number of nitrogens with zero attached hydrogens (tertiary/aromatic N) is 2. The Morgan fingerprint density at radius 2 is 2.30 bits per heavy atom. The molecule has 0 radical (unpaired) electrons. The third-order valence-corrected chi connectivity index (χ3v) is 3.73. The fourth-order valence-electron chi connectivity index (χ4n) is 2.39. The minimum Gasteiger partial charge on any atom is -0.465 e. The van der Waals surface area contributed by atoms with E-state index in [1.54, 1.807) is 6.20 Å². The molecule has 1 unspecified atom stereocenters. The summed E-state index contributed by atoms with van der Waals surface area (Å²) in [5.74, 6) is -0.116. The standard InChI is InChI=1S/C15H25N3O2/c1-3-20-14(19)15(2,17-13-6-7-13)8-4-5-10-18-11-9-16-12-18/h9,11-13,17H,3-8,10H2,1-2H3. The zero-order chi connectivity index (χ0) is 14.4. The zero-order valence-electron chi connectivity index (χ0n) is 12.5. The van der Waals surface area contributed by atoms with Gasteiger partial charge in [0.25, 0.3) is 0 Å². The van der Waals surface area contributed by atoms with Crippen molar-refractivity contribution in [2.75, 3.05) is 6.61 Å². The molecule has 0 aromatic carbocycles. The van der Waals surface area contributed by atoms with Crippen LogP contribution in [0.1, 0.15) is 46.0 Å². The van der Waals surface area contributed by atoms with Gasteiger partial charge < -0.3 is 9.30 Å². The van der Waals surface area contributed by atoms with Gasteiger partial charge in [-0.3, -0.25) is 10.1 Å². The maximum Gasteiger partial charge on any atom is 0.326 e. The summed E-state index contributed by atoms with van der Waals surface area (Å²) in [5.41, 5.74) is -0.536. The second-order valence-corrected chi connectivity index (χ2v) is 5.73. The molecule has 1 saturated carbocycles. The van der Waals surface area contributed by atoms with Crippen molar-refractivity contribution in [2.45, 2.75) is 64.1 Å². The van der Waals surface area contributed by atoms with Crippen molar-refractivity contribution in [1.82, 2.24) is 14.9 Å². The molecule has 20 heavy (non-hydrogen) atoms. The van der Waals surface area contributed by atoms with E-state index in [1.165, 1.54) is 12.8 Å². The smallest absolute Gasteiger partial charge is 0.326 e. The van der Waals surface area contributed by atoms with E-state index in [0.717, 1.165) is 25.8 Å². The number of hydrogen-bond acceptors (Lipinski definition) is 4. The van der Waals surface area contributed by atoms with E-state index in [9.17, 15) is 4.79 Å². The monoisotopic (exact) mass is 279 g/mol. The average molecular weight is 279 g/mol. The van der Waals surface area contributed by atoms with Crippen molar-refractivity contribution in [2.24, 2.45) is 0 Å². The lowest BCUT2D eigenvalue weighted by molar-refractivity contribution is -0.151. The first-order chi connectivity index (χ1) is 9.64. The van der Waals surface area contributed by atoms with Crippen LogP contribution in [0.4, 0.5) is 0 Å². The SMILES string of the molecule is CCOC(=O)C(C)(CCCCn1ccnc1)NC1CC1. The van der Waals surface area contributed by atoms with Gasteiger partial charge >= 0.3 is 5.97 Å². The Bertz CT molecular complexity index is 415. The molecule has 112 valence electrons. The first-order valence-electron chi connectivity index (χ1n) is 7.55. The Morgan fingerprint density at radius 1 is 1.50 bits per heavy atom. The quantitative estimate of drug-likeness (QED) is 0.556. The van der Waals surface area contributed by atoms with Gasteiger partial charge in [-0.05, 0) is 46.0 Å². The van der Waals surface area contributed by atoms with Gasteiger partial charge in [0.1, 0.15) is 5.54 Å². The van der Waals surface area contributed by atoms with Crippen molar-refractivity contribution in [3.63, 3.8) is 0 Å². The molecule has 1 aliphatic rings. The molecule has 1 N–H and O–H groups in total. The molecule has 5 heteroatoms. The summed E-state index contributed by atoms with van der Waals surface area (Å²) < 4.78 is 7.29. The maximum atomic E-state index is 12.2. The summed E-state index contributed by atoms with van der Waals surface area (Å²) in [6, 6.07) is 0.498. The molecule has 2 rings (SSSR count). The lowest BCUT2D eigenvalue weighted by Gasteiger charge is -2.28. The van der Waals surface area contributed by atoms with E-state index in [2.05, 4.69) is 14.9 Å².